The standard InChI is InChI=1S/C25H46O/c1-5-19-13-20(6-2)16-23(15-19)9-11-25(26)12-10-24-17-21(7-3)14-22(8-4)18-24/h19-24H,5-18H2,1-4H3. The molecule has 0 N–H and O–H groups in total. The Morgan fingerprint density at radius 1 is 0.538 bits per heavy atom. The molecule has 0 aromatic rings. The second-order valence-corrected chi connectivity index (χ2v) is 9.86. The molecular weight excluding hydrogens is 316 g/mol. The van der Waals surface area contributed by atoms with Crippen molar-refractivity contribution < 1.29 is 4.79 Å². The Bertz CT molecular complexity index is 341. The second kappa shape index (κ2) is 11.5. The summed E-state index contributed by atoms with van der Waals surface area (Å²) in [6, 6.07) is 0. The van der Waals surface area contributed by atoms with Gasteiger partial charge in [-0.3, -0.25) is 4.79 Å². The summed E-state index contributed by atoms with van der Waals surface area (Å²) >= 11 is 0. The van der Waals surface area contributed by atoms with Crippen molar-refractivity contribution in [1.29, 1.82) is 0 Å². The van der Waals surface area contributed by atoms with Gasteiger partial charge in [0.05, 0.1) is 0 Å². The number of hydrogen-bond acceptors (Lipinski definition) is 1. The van der Waals surface area contributed by atoms with E-state index in [0.717, 1.165) is 48.3 Å². The van der Waals surface area contributed by atoms with Gasteiger partial charge in [0.15, 0.2) is 0 Å². The predicted octanol–water partition coefficient (Wildman–Crippen LogP) is 7.82. The molecule has 4 atom stereocenters. The highest BCUT2D eigenvalue weighted by molar-refractivity contribution is 5.78. The van der Waals surface area contributed by atoms with Crippen LogP contribution in [0.4, 0.5) is 0 Å². The van der Waals surface area contributed by atoms with E-state index in [0.29, 0.717) is 5.78 Å². The number of rotatable bonds is 10. The van der Waals surface area contributed by atoms with Crippen molar-refractivity contribution >= 4 is 5.78 Å². The van der Waals surface area contributed by atoms with Crippen LogP contribution in [0.3, 0.4) is 0 Å². The second-order valence-electron chi connectivity index (χ2n) is 9.86. The SMILES string of the molecule is CCC1CC(CC)CC(CCC(=O)CCC2CC(CC)CC(CC)C2)C1. The van der Waals surface area contributed by atoms with E-state index in [9.17, 15) is 4.79 Å². The molecule has 2 aliphatic rings. The molecule has 0 aliphatic heterocycles. The number of hydrogen-bond donors (Lipinski definition) is 0. The minimum Gasteiger partial charge on any atom is -0.300 e. The summed E-state index contributed by atoms with van der Waals surface area (Å²) < 4.78 is 0. The van der Waals surface area contributed by atoms with Gasteiger partial charge < -0.3 is 0 Å². The first-order chi connectivity index (χ1) is 12.6. The zero-order valence-corrected chi connectivity index (χ0v) is 18.3. The normalized spacial score (nSPS) is 35.4. The van der Waals surface area contributed by atoms with Crippen LogP contribution in [-0.4, -0.2) is 5.78 Å². The van der Waals surface area contributed by atoms with Gasteiger partial charge in [0.1, 0.15) is 5.78 Å². The maximum absolute atomic E-state index is 12.5. The van der Waals surface area contributed by atoms with Gasteiger partial charge >= 0.3 is 0 Å². The van der Waals surface area contributed by atoms with Crippen molar-refractivity contribution in [3.63, 3.8) is 0 Å². The van der Waals surface area contributed by atoms with Crippen LogP contribution < -0.4 is 0 Å². The van der Waals surface area contributed by atoms with Crippen molar-refractivity contribution in [2.45, 2.75) is 118 Å². The van der Waals surface area contributed by atoms with E-state index < -0.39 is 0 Å². The highest BCUT2D eigenvalue weighted by Gasteiger charge is 2.29. The Kier molecular flexibility index (Phi) is 9.71. The van der Waals surface area contributed by atoms with Crippen LogP contribution in [0.1, 0.15) is 118 Å². The van der Waals surface area contributed by atoms with E-state index >= 15 is 0 Å². The van der Waals surface area contributed by atoms with Crippen molar-refractivity contribution in [2.24, 2.45) is 35.5 Å². The predicted molar refractivity (Wildman–Crippen MR) is 113 cm³/mol. The van der Waals surface area contributed by atoms with Crippen LogP contribution in [0.2, 0.25) is 0 Å². The van der Waals surface area contributed by atoms with Gasteiger partial charge in [0.2, 0.25) is 0 Å². The first-order valence-corrected chi connectivity index (χ1v) is 12.1. The van der Waals surface area contributed by atoms with Gasteiger partial charge in [-0.15, -0.1) is 0 Å². The molecule has 0 aromatic carbocycles. The van der Waals surface area contributed by atoms with Gasteiger partial charge in [-0.1, -0.05) is 53.4 Å². The largest absolute Gasteiger partial charge is 0.300 e. The van der Waals surface area contributed by atoms with Crippen LogP contribution in [0.5, 0.6) is 0 Å². The third kappa shape index (κ3) is 7.01. The Morgan fingerprint density at radius 2 is 0.808 bits per heavy atom. The van der Waals surface area contributed by atoms with Gasteiger partial charge in [0.25, 0.3) is 0 Å². The topological polar surface area (TPSA) is 17.1 Å². The summed E-state index contributed by atoms with van der Waals surface area (Å²) in [5, 5.41) is 0. The summed E-state index contributed by atoms with van der Waals surface area (Å²) in [7, 11) is 0. The summed E-state index contributed by atoms with van der Waals surface area (Å²) in [4.78, 5) is 12.5. The lowest BCUT2D eigenvalue weighted by atomic mass is 9.71. The fraction of sp³-hybridized carbons (Fsp3) is 0.960. The molecule has 0 bridgehead atoms. The molecule has 152 valence electrons. The number of carbonyl (C=O) groups excluding carboxylic acids is 1. The minimum absolute atomic E-state index is 0.559. The van der Waals surface area contributed by atoms with E-state index in [-0.39, 0.29) is 0 Å². The Balaban J connectivity index is 1.69. The molecule has 0 spiro atoms. The molecule has 0 radical (unpaired) electrons. The number of Topliss-reactive ketones (excluding diaryl/α,β-unsaturated/α-hetero) is 1. The molecular formula is C25H46O. The molecule has 1 nitrogen and oxygen atoms in total. The van der Waals surface area contributed by atoms with Crippen LogP contribution in [0, 0.1) is 35.5 Å². The van der Waals surface area contributed by atoms with Crippen molar-refractivity contribution in [3.8, 4) is 0 Å². The maximum atomic E-state index is 12.5. The van der Waals surface area contributed by atoms with Crippen molar-refractivity contribution in [2.75, 3.05) is 0 Å². The third-order valence-electron chi connectivity index (χ3n) is 7.97. The lowest BCUT2D eigenvalue weighted by Crippen LogP contribution is -2.24. The van der Waals surface area contributed by atoms with E-state index in [1.807, 2.05) is 0 Å². The minimum atomic E-state index is 0.559. The van der Waals surface area contributed by atoms with Crippen LogP contribution in [-0.2, 0) is 4.79 Å². The molecule has 0 aromatic heterocycles. The first-order valence-electron chi connectivity index (χ1n) is 12.1. The molecule has 2 fully saturated rings. The monoisotopic (exact) mass is 362 g/mol. The van der Waals surface area contributed by atoms with E-state index in [4.69, 9.17) is 0 Å². The molecule has 0 saturated heterocycles. The molecule has 2 aliphatic carbocycles. The highest BCUT2D eigenvalue weighted by Crippen LogP contribution is 2.40. The molecule has 2 rings (SSSR count). The molecule has 0 amide bonds. The van der Waals surface area contributed by atoms with Crippen LogP contribution >= 0.6 is 0 Å². The van der Waals surface area contributed by atoms with E-state index in [1.165, 1.54) is 77.0 Å². The lowest BCUT2D eigenvalue weighted by Gasteiger charge is -2.35. The number of ketones is 1. The molecule has 4 unspecified atom stereocenters. The summed E-state index contributed by atoms with van der Waals surface area (Å²) in [6.45, 7) is 9.40. The Labute approximate surface area is 164 Å². The quantitative estimate of drug-likeness (QED) is 0.387. The Hall–Kier alpha value is -0.330. The fourth-order valence-corrected chi connectivity index (χ4v) is 6.07. The summed E-state index contributed by atoms with van der Waals surface area (Å²) in [5.41, 5.74) is 0. The molecule has 1 heteroatoms. The average Bonchev–Trinajstić information content (AvgIpc) is 2.69. The van der Waals surface area contributed by atoms with E-state index in [1.54, 1.807) is 0 Å². The fourth-order valence-electron chi connectivity index (χ4n) is 6.07. The van der Waals surface area contributed by atoms with E-state index in [2.05, 4.69) is 27.7 Å². The van der Waals surface area contributed by atoms with Gasteiger partial charge in [-0.2, -0.15) is 0 Å². The zero-order valence-electron chi connectivity index (χ0n) is 18.3. The Morgan fingerprint density at radius 3 is 1.08 bits per heavy atom. The highest BCUT2D eigenvalue weighted by atomic mass is 16.1. The smallest absolute Gasteiger partial charge is 0.132 e. The first kappa shape index (κ1) is 22.0. The zero-order chi connectivity index (χ0) is 18.9. The van der Waals surface area contributed by atoms with Gasteiger partial charge in [-0.25, -0.2) is 0 Å². The van der Waals surface area contributed by atoms with Gasteiger partial charge in [-0.05, 0) is 86.9 Å². The molecule has 0 heterocycles. The summed E-state index contributed by atoms with van der Waals surface area (Å²) in [5.74, 6) is 5.91. The van der Waals surface area contributed by atoms with Crippen molar-refractivity contribution in [1.82, 2.24) is 0 Å². The van der Waals surface area contributed by atoms with Crippen molar-refractivity contribution in [3.05, 3.63) is 0 Å². The third-order valence-corrected chi connectivity index (χ3v) is 7.97. The van der Waals surface area contributed by atoms with Gasteiger partial charge in [0, 0.05) is 12.8 Å². The summed E-state index contributed by atoms with van der Waals surface area (Å²) in [6.07, 6.45) is 17.8. The van der Waals surface area contributed by atoms with Crippen LogP contribution in [0.25, 0.3) is 0 Å². The maximum Gasteiger partial charge on any atom is 0.132 e. The lowest BCUT2D eigenvalue weighted by molar-refractivity contribution is -0.119. The average molecular weight is 363 g/mol. The molecule has 26 heavy (non-hydrogen) atoms. The molecule has 2 saturated carbocycles. The van der Waals surface area contributed by atoms with Crippen LogP contribution in [0.15, 0.2) is 0 Å². The number of carbonyl (C=O) groups is 1.